The maximum absolute atomic E-state index is 12.1. The van der Waals surface area contributed by atoms with Crippen molar-refractivity contribution in [3.8, 4) is 17.3 Å². The SMILES string of the molecule is O=S(=O)(Cc1ccccc1)NCCOc1ccc2nnc(-c3ccccc3)n2n1. The molecule has 0 amide bonds. The number of benzene rings is 2. The third kappa shape index (κ3) is 4.76. The fourth-order valence-electron chi connectivity index (χ4n) is 2.81. The Hall–Kier alpha value is -3.30. The lowest BCUT2D eigenvalue weighted by atomic mass is 10.2. The lowest BCUT2D eigenvalue weighted by Gasteiger charge is -2.08. The highest BCUT2D eigenvalue weighted by molar-refractivity contribution is 7.88. The van der Waals surface area contributed by atoms with Gasteiger partial charge in [-0.05, 0) is 11.6 Å². The van der Waals surface area contributed by atoms with Gasteiger partial charge in [-0.1, -0.05) is 60.7 Å². The monoisotopic (exact) mass is 409 g/mol. The molecule has 0 bridgehead atoms. The number of rotatable bonds is 8. The van der Waals surface area contributed by atoms with E-state index in [9.17, 15) is 8.42 Å². The summed E-state index contributed by atoms with van der Waals surface area (Å²) in [6, 6.07) is 22.1. The molecule has 4 rings (SSSR count). The largest absolute Gasteiger partial charge is 0.475 e. The van der Waals surface area contributed by atoms with E-state index in [2.05, 4.69) is 20.0 Å². The van der Waals surface area contributed by atoms with Gasteiger partial charge in [0.05, 0.1) is 5.75 Å². The molecule has 0 saturated carbocycles. The van der Waals surface area contributed by atoms with Crippen molar-refractivity contribution in [2.45, 2.75) is 5.75 Å². The molecule has 148 valence electrons. The van der Waals surface area contributed by atoms with Crippen LogP contribution in [0.15, 0.2) is 72.8 Å². The summed E-state index contributed by atoms with van der Waals surface area (Å²) in [5.41, 5.74) is 2.21. The minimum Gasteiger partial charge on any atom is -0.475 e. The predicted octanol–water partition coefficient (Wildman–Crippen LogP) is 2.29. The number of hydrogen-bond acceptors (Lipinski definition) is 6. The van der Waals surface area contributed by atoms with E-state index in [4.69, 9.17) is 4.74 Å². The van der Waals surface area contributed by atoms with Gasteiger partial charge in [0.15, 0.2) is 11.5 Å². The summed E-state index contributed by atoms with van der Waals surface area (Å²) >= 11 is 0. The number of fused-ring (bicyclic) bond motifs is 1. The second-order valence-corrected chi connectivity index (χ2v) is 8.13. The van der Waals surface area contributed by atoms with Crippen molar-refractivity contribution < 1.29 is 13.2 Å². The van der Waals surface area contributed by atoms with Crippen LogP contribution in [0.1, 0.15) is 5.56 Å². The molecule has 0 aliphatic rings. The Kier molecular flexibility index (Phi) is 5.50. The number of nitrogens with zero attached hydrogens (tertiary/aromatic N) is 4. The molecule has 0 saturated heterocycles. The first-order valence-electron chi connectivity index (χ1n) is 9.03. The maximum Gasteiger partial charge on any atom is 0.231 e. The van der Waals surface area contributed by atoms with Crippen LogP contribution in [0, 0.1) is 0 Å². The molecule has 2 heterocycles. The van der Waals surface area contributed by atoms with E-state index in [-0.39, 0.29) is 18.9 Å². The zero-order valence-corrected chi connectivity index (χ0v) is 16.3. The van der Waals surface area contributed by atoms with Crippen LogP contribution in [-0.4, -0.2) is 41.4 Å². The van der Waals surface area contributed by atoms with Crippen molar-refractivity contribution in [3.63, 3.8) is 0 Å². The van der Waals surface area contributed by atoms with Crippen LogP contribution < -0.4 is 9.46 Å². The average Bonchev–Trinajstić information content (AvgIpc) is 3.16. The standard InChI is InChI=1S/C20H19N5O3S/c26-29(27,15-16-7-3-1-4-8-16)21-13-14-28-19-12-11-18-22-23-20(25(18)24-19)17-9-5-2-6-10-17/h1-12,21H,13-15H2. The minimum absolute atomic E-state index is 0.0702. The molecule has 0 spiro atoms. The molecule has 0 fully saturated rings. The number of hydrogen-bond donors (Lipinski definition) is 1. The first kappa shape index (κ1) is 19.0. The van der Waals surface area contributed by atoms with Crippen molar-refractivity contribution in [3.05, 3.63) is 78.4 Å². The van der Waals surface area contributed by atoms with Gasteiger partial charge in [-0.25, -0.2) is 13.1 Å². The Morgan fingerprint density at radius 1 is 0.897 bits per heavy atom. The van der Waals surface area contributed by atoms with Gasteiger partial charge in [-0.2, -0.15) is 4.52 Å². The summed E-state index contributed by atoms with van der Waals surface area (Å²) in [4.78, 5) is 0. The molecule has 8 nitrogen and oxygen atoms in total. The second-order valence-electron chi connectivity index (χ2n) is 6.32. The van der Waals surface area contributed by atoms with Gasteiger partial charge in [-0.3, -0.25) is 0 Å². The van der Waals surface area contributed by atoms with E-state index in [1.807, 2.05) is 48.5 Å². The van der Waals surface area contributed by atoms with E-state index >= 15 is 0 Å². The van der Waals surface area contributed by atoms with Crippen LogP contribution in [0.3, 0.4) is 0 Å². The molecule has 0 unspecified atom stereocenters. The molecule has 0 aliphatic heterocycles. The highest BCUT2D eigenvalue weighted by Crippen LogP contribution is 2.18. The first-order valence-corrected chi connectivity index (χ1v) is 10.7. The van der Waals surface area contributed by atoms with Gasteiger partial charge in [0.2, 0.25) is 15.9 Å². The molecule has 0 atom stereocenters. The van der Waals surface area contributed by atoms with Gasteiger partial charge >= 0.3 is 0 Å². The Labute approximate surface area is 168 Å². The molecule has 1 N–H and O–H groups in total. The quantitative estimate of drug-likeness (QED) is 0.448. The number of aromatic nitrogens is 4. The first-order chi connectivity index (χ1) is 14.1. The highest BCUT2D eigenvalue weighted by atomic mass is 32.2. The van der Waals surface area contributed by atoms with Gasteiger partial charge in [0.25, 0.3) is 0 Å². The topological polar surface area (TPSA) is 98.5 Å². The van der Waals surface area contributed by atoms with Crippen molar-refractivity contribution >= 4 is 15.7 Å². The minimum atomic E-state index is -3.43. The zero-order valence-electron chi connectivity index (χ0n) is 15.5. The van der Waals surface area contributed by atoms with Crippen LogP contribution in [0.4, 0.5) is 0 Å². The maximum atomic E-state index is 12.1. The molecular weight excluding hydrogens is 390 g/mol. The summed E-state index contributed by atoms with van der Waals surface area (Å²) in [7, 11) is -3.43. The van der Waals surface area contributed by atoms with E-state index in [0.717, 1.165) is 11.1 Å². The van der Waals surface area contributed by atoms with Gasteiger partial charge in [0.1, 0.15) is 6.61 Å². The Bertz CT molecular complexity index is 1190. The molecule has 4 aromatic rings. The van der Waals surface area contributed by atoms with Crippen molar-refractivity contribution in [2.24, 2.45) is 0 Å². The van der Waals surface area contributed by atoms with Crippen molar-refractivity contribution in [2.75, 3.05) is 13.2 Å². The van der Waals surface area contributed by atoms with E-state index in [0.29, 0.717) is 17.4 Å². The summed E-state index contributed by atoms with van der Waals surface area (Å²) < 4.78 is 34.0. The lowest BCUT2D eigenvalue weighted by molar-refractivity contribution is 0.306. The highest BCUT2D eigenvalue weighted by Gasteiger charge is 2.12. The molecule has 29 heavy (non-hydrogen) atoms. The van der Waals surface area contributed by atoms with Crippen LogP contribution >= 0.6 is 0 Å². The van der Waals surface area contributed by atoms with Gasteiger partial charge in [0, 0.05) is 18.2 Å². The number of ether oxygens (including phenoxy) is 1. The average molecular weight is 409 g/mol. The molecule has 0 radical (unpaired) electrons. The molecule has 2 aromatic carbocycles. The molecule has 0 aliphatic carbocycles. The lowest BCUT2D eigenvalue weighted by Crippen LogP contribution is -2.29. The van der Waals surface area contributed by atoms with Gasteiger partial charge < -0.3 is 4.74 Å². The fraction of sp³-hybridized carbons (Fsp3) is 0.150. The molecule has 2 aromatic heterocycles. The third-order valence-corrected chi connectivity index (χ3v) is 5.50. The normalized spacial score (nSPS) is 11.6. The summed E-state index contributed by atoms with van der Waals surface area (Å²) in [5.74, 6) is 0.894. The summed E-state index contributed by atoms with van der Waals surface area (Å²) in [5, 5.41) is 12.7. The van der Waals surface area contributed by atoms with E-state index in [1.54, 1.807) is 28.8 Å². The Balaban J connectivity index is 1.37. The predicted molar refractivity (Wildman–Crippen MR) is 109 cm³/mol. The second kappa shape index (κ2) is 8.38. The smallest absolute Gasteiger partial charge is 0.231 e. The number of nitrogens with one attached hydrogen (secondary N) is 1. The van der Waals surface area contributed by atoms with Crippen LogP contribution in [-0.2, 0) is 15.8 Å². The van der Waals surface area contributed by atoms with Crippen LogP contribution in [0.5, 0.6) is 5.88 Å². The summed E-state index contributed by atoms with van der Waals surface area (Å²) in [6.45, 7) is 0.290. The van der Waals surface area contributed by atoms with Gasteiger partial charge in [-0.15, -0.1) is 15.3 Å². The Morgan fingerprint density at radius 3 is 2.38 bits per heavy atom. The third-order valence-electron chi connectivity index (χ3n) is 4.14. The molecule has 9 heteroatoms. The Morgan fingerprint density at radius 2 is 1.62 bits per heavy atom. The zero-order chi connectivity index (χ0) is 20.1. The van der Waals surface area contributed by atoms with E-state index in [1.165, 1.54) is 0 Å². The number of sulfonamides is 1. The molecular formula is C20H19N5O3S. The van der Waals surface area contributed by atoms with E-state index < -0.39 is 10.0 Å². The van der Waals surface area contributed by atoms with Crippen LogP contribution in [0.25, 0.3) is 17.0 Å². The van der Waals surface area contributed by atoms with Crippen molar-refractivity contribution in [1.82, 2.24) is 24.5 Å². The van der Waals surface area contributed by atoms with Crippen LogP contribution in [0.2, 0.25) is 0 Å². The van der Waals surface area contributed by atoms with Crippen molar-refractivity contribution in [1.29, 1.82) is 0 Å². The fourth-order valence-corrected chi connectivity index (χ4v) is 3.94. The summed E-state index contributed by atoms with van der Waals surface area (Å²) in [6.07, 6.45) is 0.